The molecule has 3 nitrogen and oxygen atoms in total. The lowest BCUT2D eigenvalue weighted by molar-refractivity contribution is 0.508. The molecule has 0 N–H and O–H groups in total. The molecule has 0 fully saturated rings. The molecule has 1 aliphatic carbocycles. The lowest BCUT2D eigenvalue weighted by Gasteiger charge is -2.18. The monoisotopic (exact) mass is 407 g/mol. The first-order chi connectivity index (χ1) is 12.5. The van der Waals surface area contributed by atoms with Crippen LogP contribution in [0.3, 0.4) is 0 Å². The van der Waals surface area contributed by atoms with Gasteiger partial charge in [-0.25, -0.2) is 4.39 Å². The summed E-state index contributed by atoms with van der Waals surface area (Å²) < 4.78 is 16.0. The van der Waals surface area contributed by atoms with Gasteiger partial charge in [-0.15, -0.1) is 21.5 Å². The summed E-state index contributed by atoms with van der Waals surface area (Å²) in [7, 11) is 1.97. The van der Waals surface area contributed by atoms with Gasteiger partial charge in [0.25, 0.3) is 0 Å². The molecule has 0 aliphatic heterocycles. The molecule has 0 amide bonds. The summed E-state index contributed by atoms with van der Waals surface area (Å²) in [4.78, 5) is 1.48. The second-order valence-electron chi connectivity index (χ2n) is 6.75. The highest BCUT2D eigenvalue weighted by Crippen LogP contribution is 2.38. The highest BCUT2D eigenvalue weighted by atomic mass is 35.5. The van der Waals surface area contributed by atoms with Crippen LogP contribution >= 0.6 is 34.7 Å². The Hall–Kier alpha value is -1.37. The Kier molecular flexibility index (Phi) is 5.08. The lowest BCUT2D eigenvalue weighted by atomic mass is 9.88. The van der Waals surface area contributed by atoms with Gasteiger partial charge < -0.3 is 4.57 Å². The standard InChI is InChI=1S/C19H19ClFN3S2/c1-11-6-7-12-13(9-25-17(12)8-11)18-22-23-19(24(18)2)26-10-14-15(20)4-3-5-16(14)21/h3-5,9,11H,6-8,10H2,1-2H3. The SMILES string of the molecule is CC1CCc2c(-c3nnc(SCc4c(F)cccc4Cl)n3C)csc2C1. The molecule has 136 valence electrons. The molecule has 26 heavy (non-hydrogen) atoms. The third-order valence-electron chi connectivity index (χ3n) is 4.88. The molecule has 0 spiro atoms. The van der Waals surface area contributed by atoms with Crippen LogP contribution in [0.5, 0.6) is 0 Å². The molecule has 0 saturated heterocycles. The van der Waals surface area contributed by atoms with Crippen LogP contribution < -0.4 is 0 Å². The summed E-state index contributed by atoms with van der Waals surface area (Å²) in [6.07, 6.45) is 3.49. The van der Waals surface area contributed by atoms with Crippen LogP contribution in [-0.4, -0.2) is 14.8 Å². The van der Waals surface area contributed by atoms with Crippen molar-refractivity contribution in [2.45, 2.75) is 37.1 Å². The molecular weight excluding hydrogens is 389 g/mol. The number of rotatable bonds is 4. The topological polar surface area (TPSA) is 30.7 Å². The normalized spacial score (nSPS) is 16.7. The summed E-state index contributed by atoms with van der Waals surface area (Å²) in [5, 5.41) is 12.2. The van der Waals surface area contributed by atoms with E-state index in [4.69, 9.17) is 11.6 Å². The molecule has 2 heterocycles. The molecule has 2 aromatic heterocycles. The fourth-order valence-corrected chi connectivity index (χ4v) is 5.84. The van der Waals surface area contributed by atoms with Gasteiger partial charge in [-0.2, -0.15) is 0 Å². The third kappa shape index (κ3) is 3.30. The van der Waals surface area contributed by atoms with Gasteiger partial charge in [0.05, 0.1) is 0 Å². The second kappa shape index (κ2) is 7.33. The maximum absolute atomic E-state index is 14.0. The number of hydrogen-bond donors (Lipinski definition) is 0. The first-order valence-electron chi connectivity index (χ1n) is 8.59. The Balaban J connectivity index is 1.58. The zero-order valence-electron chi connectivity index (χ0n) is 14.6. The second-order valence-corrected chi connectivity index (χ2v) is 9.07. The van der Waals surface area contributed by atoms with Crippen LogP contribution in [0.25, 0.3) is 11.4 Å². The van der Waals surface area contributed by atoms with E-state index >= 15 is 0 Å². The van der Waals surface area contributed by atoms with Crippen LogP contribution in [-0.2, 0) is 25.6 Å². The number of aromatic nitrogens is 3. The number of benzene rings is 1. The summed E-state index contributed by atoms with van der Waals surface area (Å²) in [5.74, 6) is 1.79. The number of fused-ring (bicyclic) bond motifs is 1. The highest BCUT2D eigenvalue weighted by Gasteiger charge is 2.23. The summed E-state index contributed by atoms with van der Waals surface area (Å²) in [5.41, 5.74) is 3.13. The van der Waals surface area contributed by atoms with Gasteiger partial charge in [0, 0.05) is 39.2 Å². The molecule has 1 atom stereocenters. The van der Waals surface area contributed by atoms with Crippen molar-refractivity contribution in [3.63, 3.8) is 0 Å². The average molecular weight is 408 g/mol. The lowest BCUT2D eigenvalue weighted by Crippen LogP contribution is -2.09. The number of thiophene rings is 1. The Labute approximate surface area is 165 Å². The van der Waals surface area contributed by atoms with Crippen LogP contribution in [0, 0.1) is 11.7 Å². The number of halogens is 2. The van der Waals surface area contributed by atoms with Crippen molar-refractivity contribution < 1.29 is 4.39 Å². The molecule has 0 bridgehead atoms. The van der Waals surface area contributed by atoms with Gasteiger partial charge in [0.2, 0.25) is 0 Å². The van der Waals surface area contributed by atoms with Crippen LogP contribution in [0.1, 0.15) is 29.3 Å². The van der Waals surface area contributed by atoms with Crippen LogP contribution in [0.2, 0.25) is 5.02 Å². The van der Waals surface area contributed by atoms with E-state index in [2.05, 4.69) is 22.5 Å². The summed E-state index contributed by atoms with van der Waals surface area (Å²) in [6, 6.07) is 4.76. The van der Waals surface area contributed by atoms with Gasteiger partial charge >= 0.3 is 0 Å². The molecule has 7 heteroatoms. The molecule has 1 aliphatic rings. The minimum absolute atomic E-state index is 0.284. The Bertz CT molecular complexity index is 930. The van der Waals surface area contributed by atoms with E-state index in [0.717, 1.165) is 29.7 Å². The molecule has 1 aromatic carbocycles. The third-order valence-corrected chi connectivity index (χ3v) is 7.34. The summed E-state index contributed by atoms with van der Waals surface area (Å²) >= 11 is 9.40. The van der Waals surface area contributed by atoms with Gasteiger partial charge in [-0.3, -0.25) is 0 Å². The van der Waals surface area contributed by atoms with Gasteiger partial charge in [-0.05, 0) is 42.9 Å². The van der Waals surface area contributed by atoms with Crippen LogP contribution in [0.15, 0.2) is 28.7 Å². The number of thioether (sulfide) groups is 1. The first-order valence-corrected chi connectivity index (χ1v) is 10.8. The predicted molar refractivity (Wildman–Crippen MR) is 106 cm³/mol. The zero-order chi connectivity index (χ0) is 18.3. The minimum atomic E-state index is -0.284. The van der Waals surface area contributed by atoms with E-state index in [0.29, 0.717) is 16.3 Å². The van der Waals surface area contributed by atoms with Crippen molar-refractivity contribution in [3.05, 3.63) is 50.4 Å². The van der Waals surface area contributed by atoms with E-state index in [1.54, 1.807) is 12.1 Å². The van der Waals surface area contributed by atoms with Crippen LogP contribution in [0.4, 0.5) is 4.39 Å². The molecular formula is C19H19ClFN3S2. The maximum Gasteiger partial charge on any atom is 0.191 e. The predicted octanol–water partition coefficient (Wildman–Crippen LogP) is 5.75. The largest absolute Gasteiger partial charge is 0.305 e. The van der Waals surface area contributed by atoms with Crippen molar-refractivity contribution in [2.75, 3.05) is 0 Å². The van der Waals surface area contributed by atoms with Crippen molar-refractivity contribution in [3.8, 4) is 11.4 Å². The fraction of sp³-hybridized carbons (Fsp3) is 0.368. The fourth-order valence-electron chi connectivity index (χ4n) is 3.35. The van der Waals surface area contributed by atoms with E-state index in [9.17, 15) is 4.39 Å². The van der Waals surface area contributed by atoms with Gasteiger partial charge in [0.1, 0.15) is 5.82 Å². The Morgan fingerprint density at radius 1 is 1.38 bits per heavy atom. The number of nitrogens with zero attached hydrogens (tertiary/aromatic N) is 3. The molecule has 3 aromatic rings. The average Bonchev–Trinajstić information content (AvgIpc) is 3.17. The quantitative estimate of drug-likeness (QED) is 0.515. The van der Waals surface area contributed by atoms with Crippen molar-refractivity contribution >= 4 is 34.7 Å². The molecule has 0 saturated carbocycles. The number of hydrogen-bond acceptors (Lipinski definition) is 4. The van der Waals surface area contributed by atoms with Crippen molar-refractivity contribution in [1.29, 1.82) is 0 Å². The van der Waals surface area contributed by atoms with E-state index < -0.39 is 0 Å². The van der Waals surface area contributed by atoms with E-state index in [1.807, 2.05) is 23.0 Å². The zero-order valence-corrected chi connectivity index (χ0v) is 17.0. The van der Waals surface area contributed by atoms with Gasteiger partial charge in [-0.1, -0.05) is 36.4 Å². The van der Waals surface area contributed by atoms with E-state index in [-0.39, 0.29) is 5.82 Å². The Morgan fingerprint density at radius 3 is 3.04 bits per heavy atom. The first kappa shape index (κ1) is 18.0. The highest BCUT2D eigenvalue weighted by molar-refractivity contribution is 7.98. The van der Waals surface area contributed by atoms with E-state index in [1.165, 1.54) is 40.3 Å². The maximum atomic E-state index is 14.0. The minimum Gasteiger partial charge on any atom is -0.305 e. The Morgan fingerprint density at radius 2 is 2.23 bits per heavy atom. The van der Waals surface area contributed by atoms with Crippen molar-refractivity contribution in [2.24, 2.45) is 13.0 Å². The van der Waals surface area contributed by atoms with Gasteiger partial charge in [0.15, 0.2) is 11.0 Å². The smallest absolute Gasteiger partial charge is 0.191 e. The summed E-state index contributed by atoms with van der Waals surface area (Å²) in [6.45, 7) is 2.31. The molecule has 0 radical (unpaired) electrons. The van der Waals surface area contributed by atoms with Crippen molar-refractivity contribution in [1.82, 2.24) is 14.8 Å². The molecule has 1 unspecified atom stereocenters. The molecule has 4 rings (SSSR count).